The number of carbonyl (C=O) groups is 1. The summed E-state index contributed by atoms with van der Waals surface area (Å²) in [6.07, 6.45) is 4.48. The SMILES string of the molecule is O=C(NC[C@H]1CCN(Cc2cnc[nH]2)C1)c1c(F)cccc1Cl. The maximum atomic E-state index is 13.7. The Labute approximate surface area is 138 Å². The van der Waals surface area contributed by atoms with Crippen LogP contribution in [-0.4, -0.2) is 40.4 Å². The van der Waals surface area contributed by atoms with Crippen LogP contribution in [0.25, 0.3) is 0 Å². The molecule has 1 aromatic heterocycles. The molecule has 1 saturated heterocycles. The number of H-pyrrole nitrogens is 1. The predicted molar refractivity (Wildman–Crippen MR) is 85.7 cm³/mol. The lowest BCUT2D eigenvalue weighted by Gasteiger charge is -2.15. The van der Waals surface area contributed by atoms with Crippen LogP contribution in [0.5, 0.6) is 0 Å². The maximum absolute atomic E-state index is 13.7. The van der Waals surface area contributed by atoms with E-state index in [0.29, 0.717) is 12.5 Å². The Morgan fingerprint density at radius 2 is 2.39 bits per heavy atom. The molecule has 0 spiro atoms. The summed E-state index contributed by atoms with van der Waals surface area (Å²) in [5.74, 6) is -0.699. The van der Waals surface area contributed by atoms with Crippen molar-refractivity contribution in [1.82, 2.24) is 20.2 Å². The number of carbonyl (C=O) groups excluding carboxylic acids is 1. The van der Waals surface area contributed by atoms with E-state index in [2.05, 4.69) is 20.2 Å². The Morgan fingerprint density at radius 3 is 3.13 bits per heavy atom. The zero-order valence-electron chi connectivity index (χ0n) is 12.6. The Morgan fingerprint density at radius 1 is 1.52 bits per heavy atom. The summed E-state index contributed by atoms with van der Waals surface area (Å²) in [6.45, 7) is 3.21. The molecule has 0 radical (unpaired) electrons. The molecule has 1 amide bonds. The largest absolute Gasteiger partial charge is 0.352 e. The van der Waals surface area contributed by atoms with Crippen LogP contribution in [0.15, 0.2) is 30.7 Å². The monoisotopic (exact) mass is 336 g/mol. The Balaban J connectivity index is 1.50. The number of amides is 1. The molecule has 122 valence electrons. The van der Waals surface area contributed by atoms with Gasteiger partial charge in [0.15, 0.2) is 0 Å². The van der Waals surface area contributed by atoms with Crippen LogP contribution < -0.4 is 5.32 Å². The Bertz CT molecular complexity index is 656. The molecule has 7 heteroatoms. The van der Waals surface area contributed by atoms with Crippen molar-refractivity contribution in [2.24, 2.45) is 5.92 Å². The third kappa shape index (κ3) is 3.89. The van der Waals surface area contributed by atoms with Gasteiger partial charge in [0.1, 0.15) is 5.82 Å². The van der Waals surface area contributed by atoms with Crippen molar-refractivity contribution in [3.63, 3.8) is 0 Å². The standard InChI is InChI=1S/C16H18ClFN4O/c17-13-2-1-3-14(18)15(13)16(23)20-6-11-4-5-22(8-11)9-12-7-19-10-21-12/h1-3,7,10-11H,4-6,8-9H2,(H,19,21)(H,20,23)/t11-/m1/s1. The minimum Gasteiger partial charge on any atom is -0.352 e. The zero-order chi connectivity index (χ0) is 16.2. The molecule has 0 aliphatic carbocycles. The van der Waals surface area contributed by atoms with Gasteiger partial charge in [-0.15, -0.1) is 0 Å². The number of hydrogen-bond acceptors (Lipinski definition) is 3. The predicted octanol–water partition coefficient (Wildman–Crippen LogP) is 2.45. The van der Waals surface area contributed by atoms with Gasteiger partial charge in [0.25, 0.3) is 5.91 Å². The fourth-order valence-electron chi connectivity index (χ4n) is 2.88. The zero-order valence-corrected chi connectivity index (χ0v) is 13.3. The summed E-state index contributed by atoms with van der Waals surface area (Å²) in [5.41, 5.74) is 0.995. The lowest BCUT2D eigenvalue weighted by Crippen LogP contribution is -2.31. The van der Waals surface area contributed by atoms with E-state index >= 15 is 0 Å². The number of likely N-dealkylation sites (tertiary alicyclic amines) is 1. The number of benzene rings is 1. The van der Waals surface area contributed by atoms with Gasteiger partial charge in [-0.3, -0.25) is 9.69 Å². The molecule has 1 fully saturated rings. The first-order valence-electron chi connectivity index (χ1n) is 7.55. The lowest BCUT2D eigenvalue weighted by molar-refractivity contribution is 0.0943. The van der Waals surface area contributed by atoms with Gasteiger partial charge in [0, 0.05) is 31.5 Å². The van der Waals surface area contributed by atoms with E-state index in [4.69, 9.17) is 11.6 Å². The van der Waals surface area contributed by atoms with Crippen LogP contribution in [0.4, 0.5) is 4.39 Å². The van der Waals surface area contributed by atoms with E-state index in [9.17, 15) is 9.18 Å². The van der Waals surface area contributed by atoms with Gasteiger partial charge in [-0.25, -0.2) is 9.37 Å². The summed E-state index contributed by atoms with van der Waals surface area (Å²) < 4.78 is 13.7. The summed E-state index contributed by atoms with van der Waals surface area (Å²) in [6, 6.07) is 4.24. The van der Waals surface area contributed by atoms with E-state index in [0.717, 1.165) is 31.7 Å². The van der Waals surface area contributed by atoms with Crippen LogP contribution in [0.3, 0.4) is 0 Å². The van der Waals surface area contributed by atoms with Gasteiger partial charge in [-0.1, -0.05) is 17.7 Å². The molecule has 0 saturated carbocycles. The first kappa shape index (κ1) is 16.0. The van der Waals surface area contributed by atoms with E-state index in [1.54, 1.807) is 6.33 Å². The number of nitrogens with one attached hydrogen (secondary N) is 2. The number of aromatic nitrogens is 2. The highest BCUT2D eigenvalue weighted by Crippen LogP contribution is 2.20. The molecule has 5 nitrogen and oxygen atoms in total. The second kappa shape index (κ2) is 7.10. The van der Waals surface area contributed by atoms with Gasteiger partial charge in [0.2, 0.25) is 0 Å². The van der Waals surface area contributed by atoms with Crippen molar-refractivity contribution in [3.05, 3.63) is 52.8 Å². The van der Waals surface area contributed by atoms with Crippen molar-refractivity contribution in [2.75, 3.05) is 19.6 Å². The third-order valence-electron chi connectivity index (χ3n) is 4.06. The second-order valence-electron chi connectivity index (χ2n) is 5.77. The van der Waals surface area contributed by atoms with Crippen LogP contribution in [0.1, 0.15) is 22.5 Å². The number of nitrogens with zero attached hydrogens (tertiary/aromatic N) is 2. The van der Waals surface area contributed by atoms with Crippen molar-refractivity contribution >= 4 is 17.5 Å². The molecule has 1 aromatic carbocycles. The quantitative estimate of drug-likeness (QED) is 0.881. The Hall–Kier alpha value is -1.92. The van der Waals surface area contributed by atoms with Crippen molar-refractivity contribution < 1.29 is 9.18 Å². The van der Waals surface area contributed by atoms with Gasteiger partial charge >= 0.3 is 0 Å². The fourth-order valence-corrected chi connectivity index (χ4v) is 3.12. The molecular weight excluding hydrogens is 319 g/mol. The normalized spacial score (nSPS) is 18.3. The van der Waals surface area contributed by atoms with Gasteiger partial charge < -0.3 is 10.3 Å². The summed E-state index contributed by atoms with van der Waals surface area (Å²) in [4.78, 5) is 21.5. The van der Waals surface area contributed by atoms with Crippen LogP contribution in [0.2, 0.25) is 5.02 Å². The third-order valence-corrected chi connectivity index (χ3v) is 4.37. The van der Waals surface area contributed by atoms with E-state index < -0.39 is 11.7 Å². The topological polar surface area (TPSA) is 61.0 Å². The molecule has 0 unspecified atom stereocenters. The second-order valence-corrected chi connectivity index (χ2v) is 6.18. The van der Waals surface area contributed by atoms with Crippen molar-refractivity contribution in [1.29, 1.82) is 0 Å². The molecule has 1 atom stereocenters. The molecule has 1 aliphatic heterocycles. The van der Waals surface area contributed by atoms with Gasteiger partial charge in [0.05, 0.1) is 16.9 Å². The van der Waals surface area contributed by atoms with E-state index in [1.807, 2.05) is 6.20 Å². The molecular formula is C16H18ClFN4O. The number of rotatable bonds is 5. The fraction of sp³-hybridized carbons (Fsp3) is 0.375. The molecule has 23 heavy (non-hydrogen) atoms. The van der Waals surface area contributed by atoms with Crippen molar-refractivity contribution in [3.8, 4) is 0 Å². The van der Waals surface area contributed by atoms with Crippen molar-refractivity contribution in [2.45, 2.75) is 13.0 Å². The minimum atomic E-state index is -0.595. The molecule has 2 heterocycles. The lowest BCUT2D eigenvalue weighted by atomic mass is 10.1. The number of aromatic amines is 1. The number of hydrogen-bond donors (Lipinski definition) is 2. The molecule has 1 aliphatic rings. The molecule has 2 aromatic rings. The van der Waals surface area contributed by atoms with Crippen LogP contribution >= 0.6 is 11.6 Å². The Kier molecular flexibility index (Phi) is 4.93. The van der Waals surface area contributed by atoms with E-state index in [1.165, 1.54) is 18.2 Å². The highest BCUT2D eigenvalue weighted by Gasteiger charge is 2.24. The first-order chi connectivity index (χ1) is 11.1. The van der Waals surface area contributed by atoms with Gasteiger partial charge in [-0.2, -0.15) is 0 Å². The average Bonchev–Trinajstić information content (AvgIpc) is 3.17. The molecule has 3 rings (SSSR count). The summed E-state index contributed by atoms with van der Waals surface area (Å²) >= 11 is 5.90. The maximum Gasteiger partial charge on any atom is 0.255 e. The number of halogens is 2. The first-order valence-corrected chi connectivity index (χ1v) is 7.93. The molecule has 2 N–H and O–H groups in total. The summed E-state index contributed by atoms with van der Waals surface area (Å²) in [5, 5.41) is 2.93. The molecule has 0 bridgehead atoms. The highest BCUT2D eigenvalue weighted by atomic mass is 35.5. The average molecular weight is 337 g/mol. The minimum absolute atomic E-state index is 0.0820. The highest BCUT2D eigenvalue weighted by molar-refractivity contribution is 6.33. The van der Waals surface area contributed by atoms with Crippen LogP contribution in [0, 0.1) is 11.7 Å². The summed E-state index contributed by atoms with van der Waals surface area (Å²) in [7, 11) is 0. The smallest absolute Gasteiger partial charge is 0.255 e. The van der Waals surface area contributed by atoms with Crippen LogP contribution in [-0.2, 0) is 6.54 Å². The van der Waals surface area contributed by atoms with Gasteiger partial charge in [-0.05, 0) is 31.0 Å². The number of imidazole rings is 1. The van der Waals surface area contributed by atoms with E-state index in [-0.39, 0.29) is 10.6 Å².